The highest BCUT2D eigenvalue weighted by molar-refractivity contribution is 7.98. The summed E-state index contributed by atoms with van der Waals surface area (Å²) in [5.74, 6) is 0.337. The third kappa shape index (κ3) is 5.81. The van der Waals surface area contributed by atoms with Gasteiger partial charge in [0.2, 0.25) is 5.91 Å². The number of nitrogens with zero attached hydrogens (tertiary/aromatic N) is 1. The smallest absolute Gasteiger partial charge is 0.253 e. The Morgan fingerprint density at radius 1 is 1.17 bits per heavy atom. The molecule has 1 unspecified atom stereocenters. The Bertz CT molecular complexity index is 934. The number of benzene rings is 2. The molecular formula is C23H24Cl2N2O2S. The van der Waals surface area contributed by atoms with Crippen molar-refractivity contribution >= 4 is 52.4 Å². The molecule has 1 aliphatic rings. The van der Waals surface area contributed by atoms with Gasteiger partial charge in [0.15, 0.2) is 0 Å². The SMILES string of the molecule is CSCCC(NC(=O)c1ccc(Cl)cc1Cl)C(=O)N1CC=C(c2ccccc2)CC1. The van der Waals surface area contributed by atoms with Crippen molar-refractivity contribution in [2.75, 3.05) is 25.1 Å². The molecule has 0 fully saturated rings. The lowest BCUT2D eigenvalue weighted by molar-refractivity contribution is -0.132. The molecule has 0 bridgehead atoms. The first kappa shape index (κ1) is 22.7. The fourth-order valence-electron chi connectivity index (χ4n) is 3.41. The third-order valence-corrected chi connectivity index (χ3v) is 6.25. The number of carbonyl (C=O) groups is 2. The van der Waals surface area contributed by atoms with Crippen LogP contribution >= 0.6 is 35.0 Å². The number of amides is 2. The second kappa shape index (κ2) is 10.9. The molecule has 158 valence electrons. The summed E-state index contributed by atoms with van der Waals surface area (Å²) in [6.45, 7) is 1.17. The summed E-state index contributed by atoms with van der Waals surface area (Å²) in [6, 6.07) is 14.3. The summed E-state index contributed by atoms with van der Waals surface area (Å²) >= 11 is 13.7. The van der Waals surface area contributed by atoms with Crippen molar-refractivity contribution in [2.45, 2.75) is 18.9 Å². The van der Waals surface area contributed by atoms with Crippen LogP contribution in [-0.4, -0.2) is 47.9 Å². The van der Waals surface area contributed by atoms with E-state index in [0.29, 0.717) is 30.1 Å². The van der Waals surface area contributed by atoms with E-state index in [4.69, 9.17) is 23.2 Å². The average Bonchev–Trinajstić information content (AvgIpc) is 2.76. The number of nitrogens with one attached hydrogen (secondary N) is 1. The molecule has 0 aliphatic carbocycles. The van der Waals surface area contributed by atoms with Gasteiger partial charge < -0.3 is 10.2 Å². The predicted octanol–water partition coefficient (Wildman–Crippen LogP) is 5.16. The minimum absolute atomic E-state index is 0.0640. The molecule has 0 saturated carbocycles. The summed E-state index contributed by atoms with van der Waals surface area (Å²) in [4.78, 5) is 27.7. The maximum absolute atomic E-state index is 13.2. The molecular weight excluding hydrogens is 439 g/mol. The molecule has 7 heteroatoms. The molecule has 0 aromatic heterocycles. The van der Waals surface area contributed by atoms with Gasteiger partial charge in [0.05, 0.1) is 10.6 Å². The van der Waals surface area contributed by atoms with E-state index in [9.17, 15) is 9.59 Å². The van der Waals surface area contributed by atoms with E-state index in [0.717, 1.165) is 12.2 Å². The number of carbonyl (C=O) groups excluding carboxylic acids is 2. The molecule has 4 nitrogen and oxygen atoms in total. The molecule has 1 heterocycles. The molecule has 2 amide bonds. The van der Waals surface area contributed by atoms with Crippen LogP contribution in [0.25, 0.3) is 5.57 Å². The monoisotopic (exact) mass is 462 g/mol. The number of rotatable bonds is 7. The zero-order valence-corrected chi connectivity index (χ0v) is 19.1. The molecule has 0 radical (unpaired) electrons. The Morgan fingerprint density at radius 2 is 1.93 bits per heavy atom. The van der Waals surface area contributed by atoms with E-state index >= 15 is 0 Å². The first-order chi connectivity index (χ1) is 14.5. The minimum atomic E-state index is -0.594. The van der Waals surface area contributed by atoms with Crippen LogP contribution < -0.4 is 5.32 Å². The molecule has 0 spiro atoms. The van der Waals surface area contributed by atoms with E-state index < -0.39 is 6.04 Å². The van der Waals surface area contributed by atoms with Crippen LogP contribution in [0, 0.1) is 0 Å². The quantitative estimate of drug-likeness (QED) is 0.617. The summed E-state index contributed by atoms with van der Waals surface area (Å²) in [5.41, 5.74) is 2.75. The molecule has 0 saturated heterocycles. The Balaban J connectivity index is 1.69. The van der Waals surface area contributed by atoms with Crippen molar-refractivity contribution in [3.8, 4) is 0 Å². The van der Waals surface area contributed by atoms with E-state index in [2.05, 4.69) is 23.5 Å². The molecule has 2 aromatic rings. The summed E-state index contributed by atoms with van der Waals surface area (Å²) in [7, 11) is 0. The molecule has 1 aliphatic heterocycles. The van der Waals surface area contributed by atoms with Crippen LogP contribution in [0.4, 0.5) is 0 Å². The number of thioether (sulfide) groups is 1. The van der Waals surface area contributed by atoms with Crippen LogP contribution in [0.3, 0.4) is 0 Å². The maximum atomic E-state index is 13.2. The highest BCUT2D eigenvalue weighted by Crippen LogP contribution is 2.24. The van der Waals surface area contributed by atoms with Gasteiger partial charge >= 0.3 is 0 Å². The molecule has 1 atom stereocenters. The summed E-state index contributed by atoms with van der Waals surface area (Å²) in [5, 5.41) is 3.60. The lowest BCUT2D eigenvalue weighted by Gasteiger charge is -2.30. The molecule has 1 N–H and O–H groups in total. The Hall–Kier alpha value is -1.95. The second-order valence-corrected chi connectivity index (χ2v) is 8.89. The van der Waals surface area contributed by atoms with Crippen molar-refractivity contribution in [2.24, 2.45) is 0 Å². The van der Waals surface area contributed by atoms with E-state index in [1.807, 2.05) is 24.5 Å². The van der Waals surface area contributed by atoms with Crippen LogP contribution in [0.1, 0.15) is 28.8 Å². The first-order valence-electron chi connectivity index (χ1n) is 9.77. The van der Waals surface area contributed by atoms with Crippen LogP contribution in [0.2, 0.25) is 10.0 Å². The van der Waals surface area contributed by atoms with E-state index in [1.165, 1.54) is 17.2 Å². The fourth-order valence-corrected chi connectivity index (χ4v) is 4.37. The Morgan fingerprint density at radius 3 is 2.57 bits per heavy atom. The van der Waals surface area contributed by atoms with Crippen molar-refractivity contribution in [3.05, 3.63) is 75.8 Å². The second-order valence-electron chi connectivity index (χ2n) is 7.06. The van der Waals surface area contributed by atoms with Crippen LogP contribution in [0.15, 0.2) is 54.6 Å². The normalized spacial score (nSPS) is 14.8. The number of hydrogen-bond donors (Lipinski definition) is 1. The summed E-state index contributed by atoms with van der Waals surface area (Å²) in [6.07, 6.45) is 5.43. The number of hydrogen-bond acceptors (Lipinski definition) is 3. The lowest BCUT2D eigenvalue weighted by Crippen LogP contribution is -2.50. The van der Waals surface area contributed by atoms with E-state index in [-0.39, 0.29) is 16.8 Å². The largest absolute Gasteiger partial charge is 0.340 e. The molecule has 3 rings (SSSR count). The van der Waals surface area contributed by atoms with Gasteiger partial charge in [-0.3, -0.25) is 9.59 Å². The van der Waals surface area contributed by atoms with E-state index in [1.54, 1.807) is 28.8 Å². The van der Waals surface area contributed by atoms with Crippen molar-refractivity contribution < 1.29 is 9.59 Å². The molecule has 30 heavy (non-hydrogen) atoms. The number of halogens is 2. The van der Waals surface area contributed by atoms with Gasteiger partial charge in [-0.2, -0.15) is 11.8 Å². The summed E-state index contributed by atoms with van der Waals surface area (Å²) < 4.78 is 0. The Labute approximate surface area is 191 Å². The van der Waals surface area contributed by atoms with Crippen LogP contribution in [0.5, 0.6) is 0 Å². The molecule has 2 aromatic carbocycles. The maximum Gasteiger partial charge on any atom is 0.253 e. The highest BCUT2D eigenvalue weighted by Gasteiger charge is 2.27. The van der Waals surface area contributed by atoms with Crippen molar-refractivity contribution in [3.63, 3.8) is 0 Å². The van der Waals surface area contributed by atoms with Gasteiger partial charge in [-0.25, -0.2) is 0 Å². The average molecular weight is 463 g/mol. The fraction of sp³-hybridized carbons (Fsp3) is 0.304. The minimum Gasteiger partial charge on any atom is -0.340 e. The first-order valence-corrected chi connectivity index (χ1v) is 11.9. The zero-order valence-electron chi connectivity index (χ0n) is 16.7. The lowest BCUT2D eigenvalue weighted by atomic mass is 9.99. The zero-order chi connectivity index (χ0) is 21.5. The van der Waals surface area contributed by atoms with Gasteiger partial charge in [0.1, 0.15) is 6.04 Å². The topological polar surface area (TPSA) is 49.4 Å². The van der Waals surface area contributed by atoms with Gasteiger partial charge in [0.25, 0.3) is 5.91 Å². The highest BCUT2D eigenvalue weighted by atomic mass is 35.5. The Kier molecular flexibility index (Phi) is 8.25. The van der Waals surface area contributed by atoms with Crippen molar-refractivity contribution in [1.29, 1.82) is 0 Å². The van der Waals surface area contributed by atoms with Crippen LogP contribution in [-0.2, 0) is 4.79 Å². The third-order valence-electron chi connectivity index (χ3n) is 5.06. The predicted molar refractivity (Wildman–Crippen MR) is 126 cm³/mol. The van der Waals surface area contributed by atoms with Gasteiger partial charge in [-0.1, -0.05) is 59.6 Å². The van der Waals surface area contributed by atoms with Gasteiger partial charge in [-0.05, 0) is 54.2 Å². The van der Waals surface area contributed by atoms with Gasteiger partial charge in [0, 0.05) is 18.1 Å². The van der Waals surface area contributed by atoms with Crippen molar-refractivity contribution in [1.82, 2.24) is 10.2 Å². The standard InChI is InChI=1S/C23H24Cl2N2O2S/c1-30-14-11-21(26-22(28)19-8-7-18(24)15-20(19)25)23(29)27-12-9-17(10-13-27)16-5-3-2-4-6-16/h2-9,15,21H,10-14H2,1H3,(H,26,28). The van der Waals surface area contributed by atoms with Gasteiger partial charge in [-0.15, -0.1) is 0 Å².